The Kier molecular flexibility index (Phi) is 5.07. The van der Waals surface area contributed by atoms with Crippen LogP contribution >= 0.6 is 0 Å². The van der Waals surface area contributed by atoms with Crippen molar-refractivity contribution < 1.29 is 18.0 Å². The van der Waals surface area contributed by atoms with Crippen molar-refractivity contribution in [3.63, 3.8) is 0 Å². The quantitative estimate of drug-likeness (QED) is 0.795. The van der Waals surface area contributed by atoms with E-state index in [1.165, 1.54) is 6.07 Å². The van der Waals surface area contributed by atoms with Gasteiger partial charge in [-0.25, -0.2) is 0 Å². The van der Waals surface area contributed by atoms with Crippen molar-refractivity contribution in [2.75, 3.05) is 36.0 Å². The highest BCUT2D eigenvalue weighted by Gasteiger charge is 2.43. The van der Waals surface area contributed by atoms with Crippen molar-refractivity contribution in [1.82, 2.24) is 5.32 Å². The fourth-order valence-corrected chi connectivity index (χ4v) is 4.87. The molecule has 1 saturated carbocycles. The normalized spacial score (nSPS) is 23.2. The summed E-state index contributed by atoms with van der Waals surface area (Å²) in [6.07, 6.45) is -1.78. The fraction of sp³-hybridized carbons (Fsp3) is 0.458. The number of carbonyl (C=O) groups is 1. The van der Waals surface area contributed by atoms with Gasteiger partial charge in [-0.3, -0.25) is 4.79 Å². The lowest BCUT2D eigenvalue weighted by Gasteiger charge is -2.49. The maximum absolute atomic E-state index is 13.3. The van der Waals surface area contributed by atoms with E-state index in [1.807, 2.05) is 18.2 Å². The highest BCUT2D eigenvalue weighted by Crippen LogP contribution is 2.40. The first-order chi connectivity index (χ1) is 14.9. The van der Waals surface area contributed by atoms with E-state index in [0.29, 0.717) is 37.5 Å². The van der Waals surface area contributed by atoms with Crippen molar-refractivity contribution in [3.05, 3.63) is 59.7 Å². The minimum absolute atomic E-state index is 0.0418. The third kappa shape index (κ3) is 4.10. The van der Waals surface area contributed by atoms with Crippen LogP contribution in [0.15, 0.2) is 48.5 Å². The van der Waals surface area contributed by atoms with Crippen LogP contribution in [-0.4, -0.2) is 38.1 Å². The summed E-state index contributed by atoms with van der Waals surface area (Å²) in [5.74, 6) is 0.140. The van der Waals surface area contributed by atoms with E-state index in [2.05, 4.69) is 27.2 Å². The molecule has 31 heavy (non-hydrogen) atoms. The number of piperazine rings is 1. The number of hydrogen-bond acceptors (Lipinski definition) is 3. The number of rotatable bonds is 4. The molecule has 1 N–H and O–H groups in total. The molecule has 0 aromatic heterocycles. The van der Waals surface area contributed by atoms with Gasteiger partial charge in [-0.1, -0.05) is 18.2 Å². The molecule has 2 aliphatic heterocycles. The number of para-hydroxylation sites is 1. The summed E-state index contributed by atoms with van der Waals surface area (Å²) in [6, 6.07) is 14.0. The van der Waals surface area contributed by atoms with Crippen LogP contribution in [0.1, 0.15) is 24.0 Å². The van der Waals surface area contributed by atoms with Crippen LogP contribution in [0.3, 0.4) is 0 Å². The van der Waals surface area contributed by atoms with Gasteiger partial charge in [0.15, 0.2) is 0 Å². The van der Waals surface area contributed by atoms with Gasteiger partial charge in [0.05, 0.1) is 17.5 Å². The summed E-state index contributed by atoms with van der Waals surface area (Å²) >= 11 is 0. The van der Waals surface area contributed by atoms with Crippen LogP contribution < -0.4 is 15.1 Å². The van der Waals surface area contributed by atoms with Crippen LogP contribution in [0.4, 0.5) is 24.5 Å². The van der Waals surface area contributed by atoms with Crippen molar-refractivity contribution >= 4 is 17.3 Å². The summed E-state index contributed by atoms with van der Waals surface area (Å²) in [7, 11) is 0. The van der Waals surface area contributed by atoms with Crippen molar-refractivity contribution in [3.8, 4) is 0 Å². The lowest BCUT2D eigenvalue weighted by Crippen LogP contribution is -2.61. The maximum Gasteiger partial charge on any atom is 0.416 e. The van der Waals surface area contributed by atoms with E-state index in [4.69, 9.17) is 0 Å². The average molecular weight is 429 g/mol. The van der Waals surface area contributed by atoms with Gasteiger partial charge < -0.3 is 15.1 Å². The van der Waals surface area contributed by atoms with Gasteiger partial charge in [0.1, 0.15) is 0 Å². The molecular formula is C24H26F3N3O. The zero-order valence-electron chi connectivity index (χ0n) is 17.2. The molecule has 5 rings (SSSR count). The highest BCUT2D eigenvalue weighted by molar-refractivity contribution is 5.82. The standard InChI is InChI=1S/C24H26F3N3O/c25-24(26,27)18-8-9-21-17(12-18)13-20(23(31)28-14-16-6-7-16)22-15-29(10-11-30(21)22)19-4-2-1-3-5-19/h1-5,8-9,12,16,20,22H,6-7,10-11,13-15H2,(H,28,31)/t20-,22-/m1/s1. The number of fused-ring (bicyclic) bond motifs is 3. The smallest absolute Gasteiger partial charge is 0.368 e. The third-order valence-electron chi connectivity index (χ3n) is 6.76. The van der Waals surface area contributed by atoms with Gasteiger partial charge in [-0.2, -0.15) is 13.2 Å². The molecule has 1 aliphatic carbocycles. The minimum atomic E-state index is -4.39. The molecule has 1 saturated heterocycles. The number of amides is 1. The SMILES string of the molecule is O=C(NCC1CC1)[C@@H]1Cc2cc(C(F)(F)F)ccc2N2CCN(c3ccccc3)C[C@H]12. The Balaban J connectivity index is 1.45. The topological polar surface area (TPSA) is 35.6 Å². The molecule has 164 valence electrons. The molecule has 0 bridgehead atoms. The van der Waals surface area contributed by atoms with Crippen LogP contribution in [0, 0.1) is 11.8 Å². The number of carbonyl (C=O) groups excluding carboxylic acids is 1. The Morgan fingerprint density at radius 2 is 1.84 bits per heavy atom. The summed E-state index contributed by atoms with van der Waals surface area (Å²) in [5.41, 5.74) is 1.91. The van der Waals surface area contributed by atoms with E-state index in [-0.39, 0.29) is 17.9 Å². The number of nitrogens with zero attached hydrogens (tertiary/aromatic N) is 2. The van der Waals surface area contributed by atoms with Gasteiger partial charge >= 0.3 is 6.18 Å². The summed E-state index contributed by atoms with van der Waals surface area (Å²) < 4.78 is 39.9. The first-order valence-electron chi connectivity index (χ1n) is 10.9. The lowest BCUT2D eigenvalue weighted by atomic mass is 9.82. The number of halogens is 3. The zero-order chi connectivity index (χ0) is 21.6. The maximum atomic E-state index is 13.3. The molecule has 7 heteroatoms. The summed E-state index contributed by atoms with van der Waals surface area (Å²) in [6.45, 7) is 2.77. The molecule has 2 fully saturated rings. The molecule has 4 nitrogen and oxygen atoms in total. The van der Waals surface area contributed by atoms with E-state index < -0.39 is 11.7 Å². The number of hydrogen-bond donors (Lipinski definition) is 1. The largest absolute Gasteiger partial charge is 0.416 e. The summed E-state index contributed by atoms with van der Waals surface area (Å²) in [4.78, 5) is 17.6. The molecular weight excluding hydrogens is 403 g/mol. The number of benzene rings is 2. The molecule has 0 spiro atoms. The van der Waals surface area contributed by atoms with E-state index >= 15 is 0 Å². The second kappa shape index (κ2) is 7.77. The average Bonchev–Trinajstić information content (AvgIpc) is 3.60. The predicted molar refractivity (Wildman–Crippen MR) is 114 cm³/mol. The van der Waals surface area contributed by atoms with Crippen molar-refractivity contribution in [1.29, 1.82) is 0 Å². The molecule has 2 aromatic rings. The van der Waals surface area contributed by atoms with Crippen molar-refractivity contribution in [2.24, 2.45) is 11.8 Å². The van der Waals surface area contributed by atoms with Gasteiger partial charge in [0.2, 0.25) is 5.91 Å². The molecule has 3 aliphatic rings. The molecule has 0 unspecified atom stereocenters. The molecule has 2 aromatic carbocycles. The Labute approximate surface area is 180 Å². The number of anilines is 2. The minimum Gasteiger partial charge on any atom is -0.368 e. The van der Waals surface area contributed by atoms with Gasteiger partial charge in [0.25, 0.3) is 0 Å². The van der Waals surface area contributed by atoms with E-state index in [1.54, 1.807) is 6.07 Å². The van der Waals surface area contributed by atoms with E-state index in [9.17, 15) is 18.0 Å². The predicted octanol–water partition coefficient (Wildman–Crippen LogP) is 4.10. The van der Waals surface area contributed by atoms with Crippen molar-refractivity contribution in [2.45, 2.75) is 31.5 Å². The van der Waals surface area contributed by atoms with Gasteiger partial charge in [0, 0.05) is 37.6 Å². The molecule has 2 heterocycles. The summed E-state index contributed by atoms with van der Waals surface area (Å²) in [5, 5.41) is 3.07. The van der Waals surface area contributed by atoms with Gasteiger partial charge in [-0.05, 0) is 61.1 Å². The second-order valence-electron chi connectivity index (χ2n) is 8.88. The first-order valence-corrected chi connectivity index (χ1v) is 10.9. The molecule has 1 amide bonds. The number of nitrogens with one attached hydrogen (secondary N) is 1. The zero-order valence-corrected chi connectivity index (χ0v) is 17.2. The van der Waals surface area contributed by atoms with Crippen LogP contribution in [-0.2, 0) is 17.4 Å². The van der Waals surface area contributed by atoms with E-state index in [0.717, 1.165) is 36.8 Å². The monoisotopic (exact) mass is 429 g/mol. The Hall–Kier alpha value is -2.70. The fourth-order valence-electron chi connectivity index (χ4n) is 4.87. The molecule has 0 radical (unpaired) electrons. The Bertz CT molecular complexity index is 958. The highest BCUT2D eigenvalue weighted by atomic mass is 19.4. The van der Waals surface area contributed by atoms with Crippen LogP contribution in [0.5, 0.6) is 0 Å². The third-order valence-corrected chi connectivity index (χ3v) is 6.76. The van der Waals surface area contributed by atoms with Crippen LogP contribution in [0.2, 0.25) is 0 Å². The lowest BCUT2D eigenvalue weighted by molar-refractivity contribution is -0.137. The Morgan fingerprint density at radius 1 is 1.06 bits per heavy atom. The molecule has 2 atom stereocenters. The van der Waals surface area contributed by atoms with Crippen LogP contribution in [0.25, 0.3) is 0 Å². The number of alkyl halides is 3. The Morgan fingerprint density at radius 3 is 2.55 bits per heavy atom. The second-order valence-corrected chi connectivity index (χ2v) is 8.88. The van der Waals surface area contributed by atoms with Gasteiger partial charge in [-0.15, -0.1) is 0 Å². The first kappa shape index (κ1) is 20.2.